The number of piperidine rings is 1. The smallest absolute Gasteiger partial charge is 0.254 e. The largest absolute Gasteiger partial charge is 0.338 e. The van der Waals surface area contributed by atoms with Gasteiger partial charge in [0.05, 0.1) is 4.90 Å². The summed E-state index contributed by atoms with van der Waals surface area (Å²) in [7, 11) is -1.65. The number of hydrogen-bond acceptors (Lipinski definition) is 4. The van der Waals surface area contributed by atoms with Crippen molar-refractivity contribution >= 4 is 28.3 Å². The second-order valence-corrected chi connectivity index (χ2v) is 9.79. The van der Waals surface area contributed by atoms with Gasteiger partial charge in [0.1, 0.15) is 0 Å². The van der Waals surface area contributed by atoms with E-state index in [1.165, 1.54) is 0 Å². The number of nitrogens with zero attached hydrogens (tertiary/aromatic N) is 2. The Morgan fingerprint density at radius 1 is 1.21 bits per heavy atom. The molecule has 0 saturated carbocycles. The van der Waals surface area contributed by atoms with Crippen molar-refractivity contribution in [2.45, 2.75) is 50.5 Å². The molecular weight excluding hydrogens is 398 g/mol. The van der Waals surface area contributed by atoms with E-state index >= 15 is 0 Å². The highest BCUT2D eigenvalue weighted by Crippen LogP contribution is 2.27. The third kappa shape index (κ3) is 4.70. The number of benzene rings is 1. The van der Waals surface area contributed by atoms with Crippen LogP contribution in [0.2, 0.25) is 0 Å². The number of aryl methyl sites for hydroxylation is 1. The molecule has 1 amide bonds. The summed E-state index contributed by atoms with van der Waals surface area (Å²) in [5, 5.41) is 3.17. The molecule has 0 aromatic heterocycles. The molecule has 2 heterocycles. The number of nitrogens with one attached hydrogen (secondary N) is 1. The average Bonchev–Trinajstić information content (AvgIpc) is 3.10. The van der Waals surface area contributed by atoms with Crippen LogP contribution in [0, 0.1) is 12.8 Å². The van der Waals surface area contributed by atoms with E-state index in [-0.39, 0.29) is 29.3 Å². The van der Waals surface area contributed by atoms with Crippen molar-refractivity contribution in [1.82, 2.24) is 14.5 Å². The van der Waals surface area contributed by atoms with Gasteiger partial charge in [-0.05, 0) is 70.3 Å². The monoisotopic (exact) mass is 429 g/mol. The molecule has 2 fully saturated rings. The molecule has 1 aromatic rings. The highest BCUT2D eigenvalue weighted by atomic mass is 35.5. The number of sulfonamides is 1. The highest BCUT2D eigenvalue weighted by molar-refractivity contribution is 7.89. The lowest BCUT2D eigenvalue weighted by Gasteiger charge is -2.32. The molecule has 2 aliphatic heterocycles. The van der Waals surface area contributed by atoms with Gasteiger partial charge in [-0.25, -0.2) is 8.42 Å². The first kappa shape index (κ1) is 23.1. The van der Waals surface area contributed by atoms with Crippen molar-refractivity contribution in [2.24, 2.45) is 5.92 Å². The predicted molar refractivity (Wildman–Crippen MR) is 114 cm³/mol. The molecular formula is C20H32ClN3O3S. The summed E-state index contributed by atoms with van der Waals surface area (Å²) in [6.07, 6.45) is 3.82. The van der Waals surface area contributed by atoms with Crippen LogP contribution >= 0.6 is 12.4 Å². The van der Waals surface area contributed by atoms with Gasteiger partial charge in [0.15, 0.2) is 0 Å². The maximum atomic E-state index is 13.1. The van der Waals surface area contributed by atoms with Crippen LogP contribution in [0.15, 0.2) is 23.1 Å². The summed E-state index contributed by atoms with van der Waals surface area (Å²) >= 11 is 0. The molecule has 0 spiro atoms. The molecule has 28 heavy (non-hydrogen) atoms. The Morgan fingerprint density at radius 2 is 1.96 bits per heavy atom. The lowest BCUT2D eigenvalue weighted by atomic mass is 10.1. The van der Waals surface area contributed by atoms with E-state index in [4.69, 9.17) is 0 Å². The van der Waals surface area contributed by atoms with Crippen molar-refractivity contribution in [2.75, 3.05) is 33.2 Å². The van der Waals surface area contributed by atoms with Gasteiger partial charge in [-0.1, -0.05) is 12.5 Å². The maximum absolute atomic E-state index is 13.1. The van der Waals surface area contributed by atoms with Crippen LogP contribution in [-0.2, 0) is 10.0 Å². The van der Waals surface area contributed by atoms with Gasteiger partial charge in [-0.15, -0.1) is 12.4 Å². The first-order chi connectivity index (χ1) is 12.8. The molecule has 158 valence electrons. The Kier molecular flexibility index (Phi) is 7.90. The van der Waals surface area contributed by atoms with Crippen molar-refractivity contribution in [3.8, 4) is 0 Å². The summed E-state index contributed by atoms with van der Waals surface area (Å²) in [6, 6.07) is 4.98. The van der Waals surface area contributed by atoms with Crippen LogP contribution in [0.3, 0.4) is 0 Å². The molecule has 0 aliphatic carbocycles. The van der Waals surface area contributed by atoms with E-state index in [0.29, 0.717) is 18.0 Å². The second kappa shape index (κ2) is 9.57. The number of likely N-dealkylation sites (tertiary alicyclic amines) is 1. The lowest BCUT2D eigenvalue weighted by molar-refractivity contribution is 0.0786. The van der Waals surface area contributed by atoms with Gasteiger partial charge < -0.3 is 10.2 Å². The zero-order valence-corrected chi connectivity index (χ0v) is 18.6. The topological polar surface area (TPSA) is 69.7 Å². The average molecular weight is 430 g/mol. The number of halogens is 1. The van der Waals surface area contributed by atoms with Crippen molar-refractivity contribution in [3.63, 3.8) is 0 Å². The Labute approximate surface area is 175 Å². The van der Waals surface area contributed by atoms with Gasteiger partial charge in [-0.3, -0.25) is 4.79 Å². The van der Waals surface area contributed by atoms with Gasteiger partial charge >= 0.3 is 0 Å². The molecule has 2 saturated heterocycles. The molecule has 1 aromatic carbocycles. The Hall–Kier alpha value is -1.15. The van der Waals surface area contributed by atoms with E-state index in [1.54, 1.807) is 22.5 Å². The summed E-state index contributed by atoms with van der Waals surface area (Å²) in [6.45, 7) is 6.73. The van der Waals surface area contributed by atoms with E-state index in [2.05, 4.69) is 5.32 Å². The fourth-order valence-corrected chi connectivity index (χ4v) is 5.93. The van der Waals surface area contributed by atoms with Crippen LogP contribution in [0.4, 0.5) is 0 Å². The van der Waals surface area contributed by atoms with Crippen LogP contribution in [0.25, 0.3) is 0 Å². The number of carbonyl (C=O) groups is 1. The van der Waals surface area contributed by atoms with Crippen molar-refractivity contribution in [3.05, 3.63) is 29.3 Å². The van der Waals surface area contributed by atoms with Gasteiger partial charge in [0.25, 0.3) is 5.91 Å². The van der Waals surface area contributed by atoms with Crippen molar-refractivity contribution in [1.29, 1.82) is 0 Å². The van der Waals surface area contributed by atoms with Crippen LogP contribution in [0.5, 0.6) is 0 Å². The third-order valence-corrected chi connectivity index (χ3v) is 7.86. The maximum Gasteiger partial charge on any atom is 0.254 e. The molecule has 8 heteroatoms. The molecule has 0 bridgehead atoms. The molecule has 1 N–H and O–H groups in total. The van der Waals surface area contributed by atoms with Gasteiger partial charge in [0.2, 0.25) is 10.0 Å². The minimum atomic E-state index is -3.57. The predicted octanol–water partition coefficient (Wildman–Crippen LogP) is 2.66. The minimum Gasteiger partial charge on any atom is -0.338 e. The molecule has 2 unspecified atom stereocenters. The number of hydrogen-bond donors (Lipinski definition) is 1. The summed E-state index contributed by atoms with van der Waals surface area (Å²) in [5.74, 6) is 0.398. The fraction of sp³-hybridized carbons (Fsp3) is 0.650. The Bertz CT molecular complexity index is 800. The quantitative estimate of drug-likeness (QED) is 0.781. The van der Waals surface area contributed by atoms with E-state index in [9.17, 15) is 13.2 Å². The zero-order valence-electron chi connectivity index (χ0n) is 17.0. The number of amides is 1. The first-order valence-corrected chi connectivity index (χ1v) is 11.3. The molecule has 0 radical (unpaired) electrons. The van der Waals surface area contributed by atoms with Crippen LogP contribution in [0.1, 0.15) is 48.5 Å². The Balaban J connectivity index is 0.00000280. The molecule has 2 atom stereocenters. The van der Waals surface area contributed by atoms with Crippen LogP contribution in [-0.4, -0.2) is 62.8 Å². The number of carbonyl (C=O) groups excluding carboxylic acids is 1. The highest BCUT2D eigenvalue weighted by Gasteiger charge is 2.33. The summed E-state index contributed by atoms with van der Waals surface area (Å²) in [4.78, 5) is 15.1. The van der Waals surface area contributed by atoms with E-state index in [0.717, 1.165) is 50.9 Å². The third-order valence-electron chi connectivity index (χ3n) is 5.85. The van der Waals surface area contributed by atoms with E-state index in [1.807, 2.05) is 25.8 Å². The minimum absolute atomic E-state index is 0. The summed E-state index contributed by atoms with van der Waals surface area (Å²) < 4.78 is 27.9. The normalized spacial score (nSPS) is 23.5. The SMILES string of the molecule is CNCC1CCN(C(=O)c2cc(S(=O)(=O)N3CCCCC3C)ccc2C)C1.Cl. The number of rotatable bonds is 5. The standard InChI is InChI=1S/C20H31N3O3S.ClH/c1-15-7-8-18(27(25,26)23-10-5-4-6-16(23)2)12-19(15)20(24)22-11-9-17(14-22)13-21-3;/h7-8,12,16-17,21H,4-6,9-11,13-14H2,1-3H3;1H. The molecule has 6 nitrogen and oxygen atoms in total. The van der Waals surface area contributed by atoms with Crippen LogP contribution < -0.4 is 5.32 Å². The second-order valence-electron chi connectivity index (χ2n) is 7.90. The molecule has 3 rings (SSSR count). The summed E-state index contributed by atoms with van der Waals surface area (Å²) in [5.41, 5.74) is 1.33. The van der Waals surface area contributed by atoms with E-state index < -0.39 is 10.0 Å². The van der Waals surface area contributed by atoms with Gasteiger partial charge in [0, 0.05) is 31.2 Å². The molecule has 2 aliphatic rings. The fourth-order valence-electron chi connectivity index (χ4n) is 4.20. The first-order valence-electron chi connectivity index (χ1n) is 9.91. The Morgan fingerprint density at radius 3 is 2.64 bits per heavy atom. The van der Waals surface area contributed by atoms with Crippen molar-refractivity contribution < 1.29 is 13.2 Å². The van der Waals surface area contributed by atoms with Gasteiger partial charge in [-0.2, -0.15) is 4.31 Å². The lowest BCUT2D eigenvalue weighted by Crippen LogP contribution is -2.42. The zero-order chi connectivity index (χ0) is 19.6.